The second-order valence-corrected chi connectivity index (χ2v) is 8.47. The summed E-state index contributed by atoms with van der Waals surface area (Å²) in [6.45, 7) is 10.4. The van der Waals surface area contributed by atoms with Crippen molar-refractivity contribution in [2.75, 3.05) is 46.8 Å². The molecule has 1 saturated heterocycles. The first-order valence-corrected chi connectivity index (χ1v) is 10.6. The Morgan fingerprint density at radius 3 is 2.78 bits per heavy atom. The van der Waals surface area contributed by atoms with E-state index in [1.54, 1.807) is 30.3 Å². The molecule has 1 aromatic rings. The van der Waals surface area contributed by atoms with Gasteiger partial charge in [-0.25, -0.2) is 9.98 Å². The zero-order valence-corrected chi connectivity index (χ0v) is 18.2. The Morgan fingerprint density at radius 1 is 1.37 bits per heavy atom. The van der Waals surface area contributed by atoms with Crippen LogP contribution < -0.4 is 10.6 Å². The van der Waals surface area contributed by atoms with Gasteiger partial charge in [-0.3, -0.25) is 9.69 Å². The molecule has 1 aliphatic rings. The van der Waals surface area contributed by atoms with Gasteiger partial charge in [-0.2, -0.15) is 0 Å². The van der Waals surface area contributed by atoms with Gasteiger partial charge in [-0.05, 0) is 39.8 Å². The summed E-state index contributed by atoms with van der Waals surface area (Å²) in [7, 11) is 3.51. The molecular formula is C19H34N6OS. The molecule has 0 radical (unpaired) electrons. The van der Waals surface area contributed by atoms with E-state index in [-0.39, 0.29) is 12.5 Å². The van der Waals surface area contributed by atoms with Crippen LogP contribution in [0.5, 0.6) is 0 Å². The summed E-state index contributed by atoms with van der Waals surface area (Å²) >= 11 is 1.75. The van der Waals surface area contributed by atoms with Crippen LogP contribution in [-0.4, -0.2) is 79.5 Å². The summed E-state index contributed by atoms with van der Waals surface area (Å²) in [6.07, 6.45) is 3.32. The number of hydrogen-bond acceptors (Lipinski definition) is 5. The Hall–Kier alpha value is -1.67. The third-order valence-electron chi connectivity index (χ3n) is 4.99. The van der Waals surface area contributed by atoms with Gasteiger partial charge in [0.25, 0.3) is 0 Å². The minimum Gasteiger partial charge on any atom is -0.356 e. The van der Waals surface area contributed by atoms with Crippen LogP contribution in [0.25, 0.3) is 0 Å². The normalized spacial score (nSPS) is 18.0. The van der Waals surface area contributed by atoms with Crippen LogP contribution in [0.2, 0.25) is 0 Å². The molecule has 1 aromatic heterocycles. The Labute approximate surface area is 167 Å². The number of aliphatic imine (C=N–C) groups is 1. The number of likely N-dealkylation sites (tertiary alicyclic amines) is 1. The summed E-state index contributed by atoms with van der Waals surface area (Å²) in [5.41, 5.74) is 1.11. The monoisotopic (exact) mass is 394 g/mol. The Morgan fingerprint density at radius 2 is 2.15 bits per heavy atom. The van der Waals surface area contributed by atoms with E-state index in [4.69, 9.17) is 0 Å². The van der Waals surface area contributed by atoms with Crippen molar-refractivity contribution in [1.29, 1.82) is 0 Å². The van der Waals surface area contributed by atoms with Crippen molar-refractivity contribution in [2.45, 2.75) is 46.1 Å². The van der Waals surface area contributed by atoms with Gasteiger partial charge < -0.3 is 15.5 Å². The highest BCUT2D eigenvalue weighted by atomic mass is 32.1. The molecule has 2 heterocycles. The van der Waals surface area contributed by atoms with Crippen LogP contribution in [0.1, 0.15) is 35.3 Å². The lowest BCUT2D eigenvalue weighted by atomic mass is 10.2. The van der Waals surface area contributed by atoms with Crippen molar-refractivity contribution in [3.05, 3.63) is 15.6 Å². The number of aryl methyl sites for hydroxylation is 2. The lowest BCUT2D eigenvalue weighted by molar-refractivity contribution is -0.127. The van der Waals surface area contributed by atoms with Crippen molar-refractivity contribution in [2.24, 2.45) is 4.99 Å². The van der Waals surface area contributed by atoms with E-state index in [1.165, 1.54) is 24.3 Å². The molecule has 0 aromatic carbocycles. The van der Waals surface area contributed by atoms with Gasteiger partial charge >= 0.3 is 0 Å². The molecular weight excluding hydrogens is 360 g/mol. The molecule has 152 valence electrons. The van der Waals surface area contributed by atoms with Gasteiger partial charge in [0.1, 0.15) is 6.54 Å². The number of carbonyl (C=O) groups excluding carboxylic acids is 1. The van der Waals surface area contributed by atoms with Gasteiger partial charge in [-0.1, -0.05) is 6.92 Å². The molecule has 0 bridgehead atoms. The highest BCUT2D eigenvalue weighted by Crippen LogP contribution is 2.17. The Balaban J connectivity index is 1.89. The van der Waals surface area contributed by atoms with Crippen molar-refractivity contribution in [3.8, 4) is 0 Å². The van der Waals surface area contributed by atoms with Crippen LogP contribution >= 0.6 is 11.3 Å². The second kappa shape index (κ2) is 10.6. The minimum atomic E-state index is -0.00155. The van der Waals surface area contributed by atoms with Gasteiger partial charge in [0.05, 0.1) is 10.7 Å². The first kappa shape index (κ1) is 21.6. The number of nitrogens with one attached hydrogen (secondary N) is 2. The number of aromatic nitrogens is 1. The smallest absolute Gasteiger partial charge is 0.243 e. The largest absolute Gasteiger partial charge is 0.356 e. The van der Waals surface area contributed by atoms with Gasteiger partial charge in [-0.15, -0.1) is 11.3 Å². The molecule has 8 heteroatoms. The first-order valence-electron chi connectivity index (χ1n) is 9.80. The maximum atomic E-state index is 11.9. The molecule has 0 spiro atoms. The predicted molar refractivity (Wildman–Crippen MR) is 113 cm³/mol. The van der Waals surface area contributed by atoms with Gasteiger partial charge in [0.15, 0.2) is 5.96 Å². The molecule has 2 N–H and O–H groups in total. The van der Waals surface area contributed by atoms with Crippen molar-refractivity contribution >= 4 is 23.2 Å². The first-order chi connectivity index (χ1) is 12.9. The van der Waals surface area contributed by atoms with Gasteiger partial charge in [0.2, 0.25) is 5.91 Å². The van der Waals surface area contributed by atoms with Crippen molar-refractivity contribution < 1.29 is 4.79 Å². The maximum Gasteiger partial charge on any atom is 0.243 e. The fourth-order valence-electron chi connectivity index (χ4n) is 3.15. The molecule has 7 nitrogen and oxygen atoms in total. The number of likely N-dealkylation sites (N-methyl/N-ethyl adjacent to an activating group) is 2. The standard InChI is InChI=1S/C19H34N6OS/c1-6-25-11-7-8-16(25)12-21-19(22-13-18(26)24(4)5)20-10-9-17-23-14(2)15(3)27-17/h16H,6-13H2,1-5H3,(H2,20,21,22). The molecule has 1 fully saturated rings. The molecule has 1 atom stereocenters. The highest BCUT2D eigenvalue weighted by Gasteiger charge is 2.22. The van der Waals surface area contributed by atoms with Gasteiger partial charge in [0, 0.05) is 44.5 Å². The third kappa shape index (κ3) is 6.77. The summed E-state index contributed by atoms with van der Waals surface area (Å²) in [5.74, 6) is 0.705. The fraction of sp³-hybridized carbons (Fsp3) is 0.737. The van der Waals surface area contributed by atoms with Crippen LogP contribution in [0.4, 0.5) is 0 Å². The van der Waals surface area contributed by atoms with E-state index >= 15 is 0 Å². The summed E-state index contributed by atoms with van der Waals surface area (Å²) < 4.78 is 0. The molecule has 1 aliphatic heterocycles. The van der Waals surface area contributed by atoms with E-state index in [2.05, 4.69) is 39.4 Å². The highest BCUT2D eigenvalue weighted by molar-refractivity contribution is 7.11. The summed E-state index contributed by atoms with van der Waals surface area (Å²) in [6, 6.07) is 0.538. The second-order valence-electron chi connectivity index (χ2n) is 7.18. The number of carbonyl (C=O) groups is 1. The lowest BCUT2D eigenvalue weighted by Gasteiger charge is -2.24. The van der Waals surface area contributed by atoms with E-state index in [9.17, 15) is 4.79 Å². The number of nitrogens with zero attached hydrogens (tertiary/aromatic N) is 4. The maximum absolute atomic E-state index is 11.9. The van der Waals surface area contributed by atoms with Crippen LogP contribution in [-0.2, 0) is 11.2 Å². The van der Waals surface area contributed by atoms with E-state index < -0.39 is 0 Å². The SMILES string of the molecule is CCN1CCCC1CNC(=NCC(=O)N(C)C)NCCc1nc(C)c(C)s1. The van der Waals surface area contributed by atoms with Crippen LogP contribution in [0, 0.1) is 13.8 Å². The molecule has 27 heavy (non-hydrogen) atoms. The number of thiazole rings is 1. The van der Waals surface area contributed by atoms with Crippen LogP contribution in [0.15, 0.2) is 4.99 Å². The Kier molecular flexibility index (Phi) is 8.50. The fourth-order valence-corrected chi connectivity index (χ4v) is 4.09. The zero-order chi connectivity index (χ0) is 19.8. The molecule has 0 aliphatic carbocycles. The van der Waals surface area contributed by atoms with Crippen LogP contribution in [0.3, 0.4) is 0 Å². The lowest BCUT2D eigenvalue weighted by Crippen LogP contribution is -2.45. The van der Waals surface area contributed by atoms with E-state index in [0.717, 1.165) is 36.8 Å². The van der Waals surface area contributed by atoms with E-state index in [0.29, 0.717) is 12.0 Å². The number of amides is 1. The number of hydrogen-bond donors (Lipinski definition) is 2. The summed E-state index contributed by atoms with van der Waals surface area (Å²) in [5, 5.41) is 7.93. The number of guanidine groups is 1. The number of rotatable bonds is 8. The molecule has 1 unspecified atom stereocenters. The van der Waals surface area contributed by atoms with Crippen molar-refractivity contribution in [3.63, 3.8) is 0 Å². The minimum absolute atomic E-state index is 0.00155. The zero-order valence-electron chi connectivity index (χ0n) is 17.3. The predicted octanol–water partition coefficient (Wildman–Crippen LogP) is 1.41. The van der Waals surface area contributed by atoms with Crippen molar-refractivity contribution in [1.82, 2.24) is 25.4 Å². The summed E-state index contributed by atoms with van der Waals surface area (Å²) in [4.78, 5) is 26.3. The average Bonchev–Trinajstić information content (AvgIpc) is 3.22. The quantitative estimate of drug-likeness (QED) is 0.515. The molecule has 0 saturated carbocycles. The molecule has 2 rings (SSSR count). The Bertz CT molecular complexity index is 623. The topological polar surface area (TPSA) is 72.9 Å². The molecule has 1 amide bonds. The third-order valence-corrected chi connectivity index (χ3v) is 6.12. The van der Waals surface area contributed by atoms with E-state index in [1.807, 2.05) is 6.92 Å². The average molecular weight is 395 g/mol.